The lowest BCUT2D eigenvalue weighted by atomic mass is 9.93. The molecule has 0 aromatic heterocycles. The molecule has 5 nitrogen and oxygen atoms in total. The van der Waals surface area contributed by atoms with Crippen molar-refractivity contribution in [1.82, 2.24) is 0 Å². The van der Waals surface area contributed by atoms with E-state index in [4.69, 9.17) is 9.47 Å². The highest BCUT2D eigenvalue weighted by Crippen LogP contribution is 2.44. The molecule has 2 N–H and O–H groups in total. The smallest absolute Gasteiger partial charge is 0.268 e. The fraction of sp³-hybridized carbons (Fsp3) is 0.562. The Balaban J connectivity index is 2.46. The summed E-state index contributed by atoms with van der Waals surface area (Å²) in [5.41, 5.74) is 0.400. The minimum Gasteiger partial charge on any atom is -0.490 e. The lowest BCUT2D eigenvalue weighted by molar-refractivity contribution is -0.133. The number of nitrogens with one attached hydrogen (secondary N) is 1. The number of anilines is 1. The van der Waals surface area contributed by atoms with Gasteiger partial charge in [0.2, 0.25) is 0 Å². The van der Waals surface area contributed by atoms with Crippen molar-refractivity contribution in [3.05, 3.63) is 17.7 Å². The molecule has 0 saturated carbocycles. The van der Waals surface area contributed by atoms with Crippen molar-refractivity contribution in [3.8, 4) is 11.5 Å². The summed E-state index contributed by atoms with van der Waals surface area (Å²) < 4.78 is 11.8. The van der Waals surface area contributed by atoms with Gasteiger partial charge in [-0.25, -0.2) is 0 Å². The molecule has 0 atom stereocenters. The van der Waals surface area contributed by atoms with Crippen LogP contribution >= 0.6 is 0 Å². The van der Waals surface area contributed by atoms with Gasteiger partial charge in [-0.3, -0.25) is 4.79 Å². The normalized spacial score (nSPS) is 15.9. The number of aliphatic hydroxyl groups excluding tert-OH is 1. The average molecular weight is 293 g/mol. The van der Waals surface area contributed by atoms with E-state index >= 15 is 0 Å². The number of hydrogen-bond donors (Lipinski definition) is 2. The molecule has 1 aromatic carbocycles. The van der Waals surface area contributed by atoms with Gasteiger partial charge in [-0.05, 0) is 37.0 Å². The number of ether oxygens (including phenoxy) is 2. The van der Waals surface area contributed by atoms with Crippen LogP contribution in [-0.2, 0) is 11.4 Å². The summed E-state index contributed by atoms with van der Waals surface area (Å²) in [7, 11) is 0. The van der Waals surface area contributed by atoms with Gasteiger partial charge in [0.1, 0.15) is 0 Å². The maximum absolute atomic E-state index is 12.3. The van der Waals surface area contributed by atoms with Gasteiger partial charge in [-0.15, -0.1) is 0 Å². The Kier molecular flexibility index (Phi) is 4.73. The SMILES string of the molecule is CCCOc1cc(CO)cc2c1OC(CC)(CC)C(=O)N2. The summed E-state index contributed by atoms with van der Waals surface area (Å²) in [6.07, 6.45) is 2.05. The maximum atomic E-state index is 12.3. The second-order valence-corrected chi connectivity index (χ2v) is 5.23. The molecule has 116 valence electrons. The molecule has 0 aliphatic carbocycles. The molecular formula is C16H23NO4. The third kappa shape index (κ3) is 2.83. The molecule has 1 aromatic rings. The first kappa shape index (κ1) is 15.6. The summed E-state index contributed by atoms with van der Waals surface area (Å²) in [6, 6.07) is 3.49. The Bertz CT molecular complexity index is 523. The van der Waals surface area contributed by atoms with Crippen molar-refractivity contribution >= 4 is 11.6 Å². The van der Waals surface area contributed by atoms with Gasteiger partial charge in [0.15, 0.2) is 17.1 Å². The molecule has 1 heterocycles. The van der Waals surface area contributed by atoms with Crippen LogP contribution in [0.5, 0.6) is 11.5 Å². The molecule has 0 unspecified atom stereocenters. The fourth-order valence-electron chi connectivity index (χ4n) is 2.46. The minimum atomic E-state index is -0.849. The monoisotopic (exact) mass is 293 g/mol. The highest BCUT2D eigenvalue weighted by atomic mass is 16.5. The second kappa shape index (κ2) is 6.35. The zero-order valence-corrected chi connectivity index (χ0v) is 12.9. The first-order valence-electron chi connectivity index (χ1n) is 7.51. The quantitative estimate of drug-likeness (QED) is 0.846. The standard InChI is InChI=1S/C16H23NO4/c1-4-7-20-13-9-11(10-18)8-12-14(13)21-16(5-2,6-3)15(19)17-12/h8-9,18H,4-7,10H2,1-3H3,(H,17,19). The predicted octanol–water partition coefficient (Wildman–Crippen LogP) is 2.86. The van der Waals surface area contributed by atoms with Crippen LogP contribution in [-0.4, -0.2) is 23.2 Å². The number of hydrogen-bond acceptors (Lipinski definition) is 4. The van der Waals surface area contributed by atoms with E-state index in [0.717, 1.165) is 6.42 Å². The summed E-state index contributed by atoms with van der Waals surface area (Å²) >= 11 is 0. The Morgan fingerprint density at radius 3 is 2.57 bits per heavy atom. The van der Waals surface area contributed by atoms with E-state index in [9.17, 15) is 9.90 Å². The molecule has 2 rings (SSSR count). The molecule has 1 amide bonds. The Morgan fingerprint density at radius 2 is 2.00 bits per heavy atom. The first-order chi connectivity index (χ1) is 10.1. The molecular weight excluding hydrogens is 270 g/mol. The first-order valence-corrected chi connectivity index (χ1v) is 7.51. The van der Waals surface area contributed by atoms with E-state index < -0.39 is 5.60 Å². The molecule has 1 aliphatic heterocycles. The lowest BCUT2D eigenvalue weighted by Crippen LogP contribution is -2.50. The molecule has 0 fully saturated rings. The summed E-state index contributed by atoms with van der Waals surface area (Å²) in [5.74, 6) is 0.991. The number of amides is 1. The van der Waals surface area contributed by atoms with Crippen molar-refractivity contribution in [2.45, 2.75) is 52.2 Å². The van der Waals surface area contributed by atoms with Crippen molar-refractivity contribution in [1.29, 1.82) is 0 Å². The second-order valence-electron chi connectivity index (χ2n) is 5.23. The van der Waals surface area contributed by atoms with E-state index in [2.05, 4.69) is 5.32 Å². The van der Waals surface area contributed by atoms with E-state index in [1.54, 1.807) is 12.1 Å². The lowest BCUT2D eigenvalue weighted by Gasteiger charge is -2.37. The predicted molar refractivity (Wildman–Crippen MR) is 80.7 cm³/mol. The summed E-state index contributed by atoms with van der Waals surface area (Å²) in [4.78, 5) is 12.3. The van der Waals surface area contributed by atoms with Crippen molar-refractivity contribution in [2.75, 3.05) is 11.9 Å². The largest absolute Gasteiger partial charge is 0.490 e. The van der Waals surface area contributed by atoms with Crippen LogP contribution in [0.15, 0.2) is 12.1 Å². The molecule has 1 aliphatic rings. The van der Waals surface area contributed by atoms with Crippen LogP contribution in [0.2, 0.25) is 0 Å². The number of benzene rings is 1. The van der Waals surface area contributed by atoms with E-state index in [-0.39, 0.29) is 12.5 Å². The molecule has 0 spiro atoms. The van der Waals surface area contributed by atoms with Crippen LogP contribution in [0.3, 0.4) is 0 Å². The maximum Gasteiger partial charge on any atom is 0.268 e. The van der Waals surface area contributed by atoms with Crippen LogP contribution in [0.25, 0.3) is 0 Å². The summed E-state index contributed by atoms with van der Waals surface area (Å²) in [5, 5.41) is 12.2. The Hall–Kier alpha value is -1.75. The van der Waals surface area contributed by atoms with Crippen LogP contribution in [0.1, 0.15) is 45.6 Å². The van der Waals surface area contributed by atoms with Crippen LogP contribution < -0.4 is 14.8 Å². The minimum absolute atomic E-state index is 0.113. The van der Waals surface area contributed by atoms with E-state index in [1.807, 2.05) is 20.8 Å². The fourth-order valence-corrected chi connectivity index (χ4v) is 2.46. The van der Waals surface area contributed by atoms with Gasteiger partial charge >= 0.3 is 0 Å². The third-order valence-electron chi connectivity index (χ3n) is 3.86. The average Bonchev–Trinajstić information content (AvgIpc) is 2.51. The summed E-state index contributed by atoms with van der Waals surface area (Å²) in [6.45, 7) is 6.33. The molecule has 21 heavy (non-hydrogen) atoms. The van der Waals surface area contributed by atoms with Gasteiger partial charge in [0.25, 0.3) is 5.91 Å². The number of fused-ring (bicyclic) bond motifs is 1. The van der Waals surface area contributed by atoms with Gasteiger partial charge in [0.05, 0.1) is 18.9 Å². The third-order valence-corrected chi connectivity index (χ3v) is 3.86. The number of carbonyl (C=O) groups excluding carboxylic acids is 1. The number of carbonyl (C=O) groups is 1. The zero-order chi connectivity index (χ0) is 15.5. The van der Waals surface area contributed by atoms with Gasteiger partial charge < -0.3 is 19.9 Å². The van der Waals surface area contributed by atoms with Gasteiger partial charge in [-0.2, -0.15) is 0 Å². The molecule has 0 radical (unpaired) electrons. The number of rotatable bonds is 6. The van der Waals surface area contributed by atoms with Gasteiger partial charge in [0, 0.05) is 0 Å². The molecule has 5 heteroatoms. The van der Waals surface area contributed by atoms with Crippen LogP contribution in [0, 0.1) is 0 Å². The topological polar surface area (TPSA) is 67.8 Å². The molecule has 0 saturated heterocycles. The highest BCUT2D eigenvalue weighted by Gasteiger charge is 2.42. The van der Waals surface area contributed by atoms with Gasteiger partial charge in [-0.1, -0.05) is 20.8 Å². The van der Waals surface area contributed by atoms with E-state index in [0.29, 0.717) is 42.2 Å². The van der Waals surface area contributed by atoms with Crippen molar-refractivity contribution in [3.63, 3.8) is 0 Å². The Labute approximate surface area is 125 Å². The zero-order valence-electron chi connectivity index (χ0n) is 12.9. The van der Waals surface area contributed by atoms with Crippen molar-refractivity contribution < 1.29 is 19.4 Å². The molecule has 0 bridgehead atoms. The number of aliphatic hydroxyl groups is 1. The van der Waals surface area contributed by atoms with Crippen LogP contribution in [0.4, 0.5) is 5.69 Å². The highest BCUT2D eigenvalue weighted by molar-refractivity contribution is 6.01. The van der Waals surface area contributed by atoms with Crippen molar-refractivity contribution in [2.24, 2.45) is 0 Å². The van der Waals surface area contributed by atoms with E-state index in [1.165, 1.54) is 0 Å². The Morgan fingerprint density at radius 1 is 1.29 bits per heavy atom.